The molecule has 0 bridgehead atoms. The van der Waals surface area contributed by atoms with Gasteiger partial charge < -0.3 is 9.52 Å². The molecular formula is C22H24O2. The molecule has 0 radical (unpaired) electrons. The first-order valence-corrected chi connectivity index (χ1v) is 8.65. The average molecular weight is 320 g/mol. The van der Waals surface area contributed by atoms with E-state index in [0.29, 0.717) is 0 Å². The lowest BCUT2D eigenvalue weighted by molar-refractivity contribution is 0.343. The summed E-state index contributed by atoms with van der Waals surface area (Å²) in [4.78, 5) is 0. The van der Waals surface area contributed by atoms with Crippen LogP contribution in [0.25, 0.3) is 16.5 Å². The normalized spacial score (nSPS) is 12.0. The molecule has 1 N–H and O–H groups in total. The van der Waals surface area contributed by atoms with Gasteiger partial charge in [-0.25, -0.2) is 0 Å². The van der Waals surface area contributed by atoms with Crippen LogP contribution in [0.3, 0.4) is 0 Å². The number of hydrogen-bond donors (Lipinski definition) is 1. The van der Waals surface area contributed by atoms with Gasteiger partial charge in [0.15, 0.2) is 0 Å². The Balaban J connectivity index is 2.05. The van der Waals surface area contributed by atoms with Crippen molar-refractivity contribution in [2.24, 2.45) is 0 Å². The fourth-order valence-corrected chi connectivity index (χ4v) is 3.26. The van der Waals surface area contributed by atoms with Crippen LogP contribution < -0.4 is 0 Å². The highest BCUT2D eigenvalue weighted by Crippen LogP contribution is 2.31. The van der Waals surface area contributed by atoms with E-state index in [2.05, 4.69) is 56.3 Å². The highest BCUT2D eigenvalue weighted by molar-refractivity contribution is 5.86. The van der Waals surface area contributed by atoms with E-state index in [1.165, 1.54) is 16.5 Å². The topological polar surface area (TPSA) is 33.4 Å². The lowest BCUT2D eigenvalue weighted by Gasteiger charge is -2.05. The van der Waals surface area contributed by atoms with E-state index in [1.54, 1.807) is 0 Å². The molecule has 1 aromatic heterocycles. The fraction of sp³-hybridized carbons (Fsp3) is 0.273. The summed E-state index contributed by atoms with van der Waals surface area (Å²) in [5, 5.41) is 10.4. The molecule has 0 unspecified atom stereocenters. The summed E-state index contributed by atoms with van der Waals surface area (Å²) in [6.07, 6.45) is 4.54. The maximum absolute atomic E-state index is 9.19. The zero-order valence-electron chi connectivity index (χ0n) is 14.4. The van der Waals surface area contributed by atoms with Gasteiger partial charge in [0.2, 0.25) is 0 Å². The lowest BCUT2D eigenvalue weighted by Crippen LogP contribution is -1.91. The molecule has 0 aliphatic heterocycles. The Labute approximate surface area is 143 Å². The first kappa shape index (κ1) is 16.5. The van der Waals surface area contributed by atoms with Crippen LogP contribution in [-0.2, 0) is 12.8 Å². The molecule has 3 aromatic rings. The van der Waals surface area contributed by atoms with Gasteiger partial charge in [-0.1, -0.05) is 62.4 Å². The quantitative estimate of drug-likeness (QED) is 0.662. The van der Waals surface area contributed by atoms with E-state index in [4.69, 9.17) is 4.42 Å². The molecule has 0 spiro atoms. The molecule has 0 fully saturated rings. The van der Waals surface area contributed by atoms with Crippen molar-refractivity contribution in [2.45, 2.75) is 33.1 Å². The molecule has 0 atom stereocenters. The largest absolute Gasteiger partial charge is 0.461 e. The molecule has 2 heteroatoms. The number of hydrogen-bond acceptors (Lipinski definition) is 2. The molecule has 24 heavy (non-hydrogen) atoms. The molecule has 0 saturated carbocycles. The Bertz CT molecular complexity index is 841. The number of fused-ring (bicyclic) bond motifs is 1. The Kier molecular flexibility index (Phi) is 5.17. The van der Waals surface area contributed by atoms with Gasteiger partial charge in [0.1, 0.15) is 11.3 Å². The van der Waals surface area contributed by atoms with Crippen LogP contribution >= 0.6 is 0 Å². The molecule has 1 heterocycles. The molecule has 2 nitrogen and oxygen atoms in total. The molecule has 124 valence electrons. The van der Waals surface area contributed by atoms with Crippen LogP contribution in [0, 0.1) is 0 Å². The van der Waals surface area contributed by atoms with Crippen molar-refractivity contribution < 1.29 is 9.52 Å². The van der Waals surface area contributed by atoms with Crippen molar-refractivity contribution in [3.8, 4) is 0 Å². The Hall–Kier alpha value is -2.32. The van der Waals surface area contributed by atoms with Gasteiger partial charge in [-0.3, -0.25) is 0 Å². The maximum atomic E-state index is 9.19. The summed E-state index contributed by atoms with van der Waals surface area (Å²) in [7, 11) is 0. The second-order valence-electron chi connectivity index (χ2n) is 6.00. The summed E-state index contributed by atoms with van der Waals surface area (Å²) in [6.45, 7) is 4.31. The zero-order valence-corrected chi connectivity index (χ0v) is 14.4. The van der Waals surface area contributed by atoms with E-state index in [-0.39, 0.29) is 6.61 Å². The standard InChI is InChI=1S/C22H24O2/c1-3-17(12-13-23)18-10-11-19-20(14-16-8-6-5-7-9-16)21(4-2)24-22(19)15-18/h5-12,15,23H,3-4,13-14H2,1-2H3/b17-12+. The molecule has 2 aromatic carbocycles. The van der Waals surface area contributed by atoms with E-state index in [0.717, 1.165) is 41.7 Å². The lowest BCUT2D eigenvalue weighted by atomic mass is 9.98. The highest BCUT2D eigenvalue weighted by atomic mass is 16.3. The molecule has 0 saturated heterocycles. The van der Waals surface area contributed by atoms with Crippen LogP contribution in [0.4, 0.5) is 0 Å². The minimum absolute atomic E-state index is 0.0683. The van der Waals surface area contributed by atoms with Gasteiger partial charge in [0.25, 0.3) is 0 Å². The van der Waals surface area contributed by atoms with Crippen LogP contribution in [0.5, 0.6) is 0 Å². The monoisotopic (exact) mass is 320 g/mol. The summed E-state index contributed by atoms with van der Waals surface area (Å²) in [5.41, 5.74) is 5.80. The Morgan fingerprint density at radius 1 is 1.08 bits per heavy atom. The van der Waals surface area contributed by atoms with Crippen molar-refractivity contribution >= 4 is 16.5 Å². The third-order valence-electron chi connectivity index (χ3n) is 4.51. The number of aryl methyl sites for hydroxylation is 1. The van der Waals surface area contributed by atoms with Gasteiger partial charge in [0.05, 0.1) is 6.61 Å². The summed E-state index contributed by atoms with van der Waals surface area (Å²) in [6, 6.07) is 16.9. The van der Waals surface area contributed by atoms with E-state index < -0.39 is 0 Å². The number of aliphatic hydroxyl groups is 1. The predicted molar refractivity (Wildman–Crippen MR) is 100 cm³/mol. The second kappa shape index (κ2) is 7.50. The van der Waals surface area contributed by atoms with Crippen LogP contribution in [0.1, 0.15) is 42.7 Å². The summed E-state index contributed by atoms with van der Waals surface area (Å²) < 4.78 is 6.14. The minimum Gasteiger partial charge on any atom is -0.461 e. The first-order valence-electron chi connectivity index (χ1n) is 8.65. The molecule has 3 rings (SSSR count). The van der Waals surface area contributed by atoms with E-state index >= 15 is 0 Å². The second-order valence-corrected chi connectivity index (χ2v) is 6.00. The molecule has 0 amide bonds. The van der Waals surface area contributed by atoms with Gasteiger partial charge in [-0.05, 0) is 29.2 Å². The van der Waals surface area contributed by atoms with Crippen molar-refractivity contribution in [3.63, 3.8) is 0 Å². The number of aliphatic hydroxyl groups excluding tert-OH is 1. The third kappa shape index (κ3) is 3.29. The van der Waals surface area contributed by atoms with E-state index in [1.807, 2.05) is 12.1 Å². The molecular weight excluding hydrogens is 296 g/mol. The van der Waals surface area contributed by atoms with Crippen LogP contribution in [0.2, 0.25) is 0 Å². The van der Waals surface area contributed by atoms with Crippen LogP contribution in [-0.4, -0.2) is 11.7 Å². The summed E-state index contributed by atoms with van der Waals surface area (Å²) >= 11 is 0. The fourth-order valence-electron chi connectivity index (χ4n) is 3.26. The average Bonchev–Trinajstić information content (AvgIpc) is 2.97. The zero-order chi connectivity index (χ0) is 16.9. The van der Waals surface area contributed by atoms with Crippen molar-refractivity contribution in [1.29, 1.82) is 0 Å². The first-order chi connectivity index (χ1) is 11.8. The summed E-state index contributed by atoms with van der Waals surface area (Å²) in [5.74, 6) is 1.06. The smallest absolute Gasteiger partial charge is 0.135 e. The maximum Gasteiger partial charge on any atom is 0.135 e. The van der Waals surface area contributed by atoms with Gasteiger partial charge >= 0.3 is 0 Å². The number of benzene rings is 2. The van der Waals surface area contributed by atoms with Gasteiger partial charge in [0, 0.05) is 23.8 Å². The number of furan rings is 1. The Morgan fingerprint density at radius 2 is 1.88 bits per heavy atom. The van der Waals surface area contributed by atoms with Crippen molar-refractivity contribution in [3.05, 3.63) is 77.1 Å². The SMILES string of the molecule is CC/C(=C\CO)c1ccc2c(Cc3ccccc3)c(CC)oc2c1. The van der Waals surface area contributed by atoms with Crippen molar-refractivity contribution in [2.75, 3.05) is 6.61 Å². The Morgan fingerprint density at radius 3 is 2.54 bits per heavy atom. The minimum atomic E-state index is 0.0683. The highest BCUT2D eigenvalue weighted by Gasteiger charge is 2.14. The number of allylic oxidation sites excluding steroid dienone is 1. The third-order valence-corrected chi connectivity index (χ3v) is 4.51. The molecule has 0 aliphatic rings. The van der Waals surface area contributed by atoms with E-state index in [9.17, 15) is 5.11 Å². The molecule has 0 aliphatic carbocycles. The van der Waals surface area contributed by atoms with Crippen molar-refractivity contribution in [1.82, 2.24) is 0 Å². The van der Waals surface area contributed by atoms with Gasteiger partial charge in [-0.2, -0.15) is 0 Å². The number of rotatable bonds is 6. The predicted octanol–water partition coefficient (Wildman–Crippen LogP) is 5.37. The van der Waals surface area contributed by atoms with Crippen LogP contribution in [0.15, 0.2) is 59.0 Å². The van der Waals surface area contributed by atoms with Gasteiger partial charge in [-0.15, -0.1) is 0 Å².